The van der Waals surface area contributed by atoms with Gasteiger partial charge < -0.3 is 10.1 Å². The molecule has 6 nitrogen and oxygen atoms in total. The summed E-state index contributed by atoms with van der Waals surface area (Å²) < 4.78 is 5.50. The van der Waals surface area contributed by atoms with Crippen LogP contribution in [0.1, 0.15) is 10.4 Å². The quantitative estimate of drug-likeness (QED) is 0.409. The van der Waals surface area contributed by atoms with E-state index < -0.39 is 5.91 Å². The lowest BCUT2D eigenvalue weighted by Crippen LogP contribution is -2.34. The third-order valence-corrected chi connectivity index (χ3v) is 4.23. The topological polar surface area (TPSA) is 76.1 Å². The first kappa shape index (κ1) is 20.3. The molecule has 142 valence electrons. The van der Waals surface area contributed by atoms with E-state index in [0.717, 1.165) is 0 Å². The van der Waals surface area contributed by atoms with Crippen molar-refractivity contribution in [2.75, 3.05) is 5.32 Å². The standard InChI is InChI=1S/C18H11Cl3N4O2S/c19-13-4-2-1-3-12(13)16(26)25-18(28)22-10-5-7-11(8-6-10)27-17-23-14(20)9-15(21)24-17/h1-9H,(H2,22,25,26,28). The zero-order chi connectivity index (χ0) is 20.1. The summed E-state index contributed by atoms with van der Waals surface area (Å²) in [6, 6.07) is 14.9. The predicted octanol–water partition coefficient (Wildman–Crippen LogP) is 5.36. The minimum Gasteiger partial charge on any atom is -0.424 e. The molecule has 1 aromatic heterocycles. The number of thiocarbonyl (C=S) groups is 1. The van der Waals surface area contributed by atoms with Crippen LogP contribution in [0.2, 0.25) is 15.3 Å². The predicted molar refractivity (Wildman–Crippen MR) is 114 cm³/mol. The number of ether oxygens (including phenoxy) is 1. The summed E-state index contributed by atoms with van der Waals surface area (Å²) in [6.45, 7) is 0. The second-order valence-corrected chi connectivity index (χ2v) is 6.90. The number of nitrogens with one attached hydrogen (secondary N) is 2. The number of aromatic nitrogens is 2. The fourth-order valence-corrected chi connectivity index (χ4v) is 2.95. The van der Waals surface area contributed by atoms with Crippen molar-refractivity contribution in [2.45, 2.75) is 0 Å². The first-order chi connectivity index (χ1) is 13.4. The Hall–Kier alpha value is -2.45. The van der Waals surface area contributed by atoms with Gasteiger partial charge >= 0.3 is 6.01 Å². The molecule has 3 aromatic rings. The molecule has 0 aliphatic carbocycles. The molecule has 1 amide bonds. The summed E-state index contributed by atoms with van der Waals surface area (Å²) in [4.78, 5) is 20.0. The van der Waals surface area contributed by atoms with E-state index in [2.05, 4.69) is 20.6 Å². The van der Waals surface area contributed by atoms with Crippen molar-refractivity contribution < 1.29 is 9.53 Å². The van der Waals surface area contributed by atoms with Gasteiger partial charge in [-0.05, 0) is 48.6 Å². The summed E-state index contributed by atoms with van der Waals surface area (Å²) in [5.41, 5.74) is 0.971. The van der Waals surface area contributed by atoms with Gasteiger partial charge in [-0.2, -0.15) is 9.97 Å². The summed E-state index contributed by atoms with van der Waals surface area (Å²) in [7, 11) is 0. The van der Waals surface area contributed by atoms with Gasteiger partial charge in [-0.1, -0.05) is 46.9 Å². The van der Waals surface area contributed by atoms with Gasteiger partial charge in [0.2, 0.25) is 0 Å². The number of benzene rings is 2. The highest BCUT2D eigenvalue weighted by Gasteiger charge is 2.11. The lowest BCUT2D eigenvalue weighted by atomic mass is 10.2. The second-order valence-electron chi connectivity index (χ2n) is 5.31. The molecule has 0 saturated carbocycles. The summed E-state index contributed by atoms with van der Waals surface area (Å²) >= 11 is 22.8. The summed E-state index contributed by atoms with van der Waals surface area (Å²) in [5, 5.41) is 6.28. The number of rotatable bonds is 4. The molecule has 0 fully saturated rings. The Morgan fingerprint density at radius 2 is 1.61 bits per heavy atom. The molecular formula is C18H11Cl3N4O2S. The first-order valence-electron chi connectivity index (χ1n) is 7.75. The van der Waals surface area contributed by atoms with Crippen LogP contribution in [-0.4, -0.2) is 21.0 Å². The van der Waals surface area contributed by atoms with E-state index in [-0.39, 0.29) is 21.4 Å². The highest BCUT2D eigenvalue weighted by Crippen LogP contribution is 2.23. The van der Waals surface area contributed by atoms with Gasteiger partial charge in [0.15, 0.2) is 5.11 Å². The van der Waals surface area contributed by atoms with Crippen LogP contribution in [0.4, 0.5) is 5.69 Å². The van der Waals surface area contributed by atoms with Crippen LogP contribution in [0, 0.1) is 0 Å². The van der Waals surface area contributed by atoms with E-state index in [9.17, 15) is 4.79 Å². The number of carbonyl (C=O) groups is 1. The largest absolute Gasteiger partial charge is 0.424 e. The zero-order valence-corrected chi connectivity index (χ0v) is 17.0. The van der Waals surface area contributed by atoms with E-state index >= 15 is 0 Å². The third kappa shape index (κ3) is 5.53. The minimum atomic E-state index is -0.405. The molecule has 2 aromatic carbocycles. The van der Waals surface area contributed by atoms with Crippen molar-refractivity contribution >= 4 is 63.7 Å². The molecule has 2 N–H and O–H groups in total. The normalized spacial score (nSPS) is 10.2. The lowest BCUT2D eigenvalue weighted by molar-refractivity contribution is 0.0978. The van der Waals surface area contributed by atoms with Crippen molar-refractivity contribution in [3.63, 3.8) is 0 Å². The Morgan fingerprint density at radius 1 is 0.964 bits per heavy atom. The molecule has 0 aliphatic rings. The maximum absolute atomic E-state index is 12.2. The smallest absolute Gasteiger partial charge is 0.324 e. The van der Waals surface area contributed by atoms with E-state index in [4.69, 9.17) is 51.8 Å². The molecule has 0 spiro atoms. The molecule has 0 radical (unpaired) electrons. The van der Waals surface area contributed by atoms with E-state index in [1.165, 1.54) is 6.07 Å². The van der Waals surface area contributed by atoms with Crippen LogP contribution in [-0.2, 0) is 0 Å². The van der Waals surface area contributed by atoms with Crippen LogP contribution < -0.4 is 15.4 Å². The second kappa shape index (κ2) is 9.16. The number of amides is 1. The number of hydrogen-bond acceptors (Lipinski definition) is 5. The van der Waals surface area contributed by atoms with Crippen LogP contribution >= 0.6 is 47.0 Å². The van der Waals surface area contributed by atoms with Crippen LogP contribution in [0.25, 0.3) is 0 Å². The highest BCUT2D eigenvalue weighted by atomic mass is 35.5. The molecule has 1 heterocycles. The Balaban J connectivity index is 1.60. The number of hydrogen-bond donors (Lipinski definition) is 2. The Labute approximate surface area is 180 Å². The van der Waals surface area contributed by atoms with E-state index in [1.807, 2.05) is 0 Å². The van der Waals surface area contributed by atoms with Crippen molar-refractivity contribution in [1.82, 2.24) is 15.3 Å². The Morgan fingerprint density at radius 3 is 2.25 bits per heavy atom. The Bertz CT molecular complexity index is 1010. The molecule has 0 aliphatic heterocycles. The van der Waals surface area contributed by atoms with Crippen molar-refractivity contribution in [3.05, 3.63) is 75.5 Å². The van der Waals surface area contributed by atoms with Gasteiger partial charge in [-0.15, -0.1) is 0 Å². The molecule has 10 heteroatoms. The average Bonchev–Trinajstić information content (AvgIpc) is 2.62. The maximum Gasteiger partial charge on any atom is 0.324 e. The van der Waals surface area contributed by atoms with Gasteiger partial charge in [0.1, 0.15) is 16.1 Å². The van der Waals surface area contributed by atoms with E-state index in [1.54, 1.807) is 48.5 Å². The summed E-state index contributed by atoms with van der Waals surface area (Å²) in [5.74, 6) is 0.0629. The number of halogens is 3. The third-order valence-electron chi connectivity index (χ3n) is 3.31. The molecule has 0 atom stereocenters. The highest BCUT2D eigenvalue weighted by molar-refractivity contribution is 7.80. The molecule has 28 heavy (non-hydrogen) atoms. The number of nitrogens with zero attached hydrogens (tertiary/aromatic N) is 2. The van der Waals surface area contributed by atoms with Crippen molar-refractivity contribution in [2.24, 2.45) is 0 Å². The number of carbonyl (C=O) groups excluding carboxylic acids is 1. The van der Waals surface area contributed by atoms with Gasteiger partial charge in [-0.3, -0.25) is 10.1 Å². The number of anilines is 1. The molecule has 0 unspecified atom stereocenters. The molecule has 3 rings (SSSR count). The fourth-order valence-electron chi connectivity index (χ4n) is 2.11. The first-order valence-corrected chi connectivity index (χ1v) is 9.30. The monoisotopic (exact) mass is 452 g/mol. The van der Waals surface area contributed by atoms with Crippen LogP contribution in [0.5, 0.6) is 11.8 Å². The van der Waals surface area contributed by atoms with Crippen molar-refractivity contribution in [3.8, 4) is 11.8 Å². The lowest BCUT2D eigenvalue weighted by Gasteiger charge is -2.11. The SMILES string of the molecule is O=C(NC(=S)Nc1ccc(Oc2nc(Cl)cc(Cl)n2)cc1)c1ccccc1Cl. The molecular weight excluding hydrogens is 443 g/mol. The fraction of sp³-hybridized carbons (Fsp3) is 0. The van der Waals surface area contributed by atoms with Gasteiger partial charge in [0.25, 0.3) is 5.91 Å². The van der Waals surface area contributed by atoms with Gasteiger partial charge in [0, 0.05) is 11.8 Å². The minimum absolute atomic E-state index is 0.0285. The maximum atomic E-state index is 12.2. The van der Waals surface area contributed by atoms with Gasteiger partial charge in [-0.25, -0.2) is 0 Å². The zero-order valence-electron chi connectivity index (χ0n) is 13.9. The summed E-state index contributed by atoms with van der Waals surface area (Å²) in [6.07, 6.45) is 0. The average molecular weight is 454 g/mol. The Kier molecular flexibility index (Phi) is 6.64. The molecule has 0 saturated heterocycles. The molecule has 0 bridgehead atoms. The van der Waals surface area contributed by atoms with Gasteiger partial charge in [0.05, 0.1) is 10.6 Å². The van der Waals surface area contributed by atoms with Crippen LogP contribution in [0.15, 0.2) is 54.6 Å². The van der Waals surface area contributed by atoms with Crippen molar-refractivity contribution in [1.29, 1.82) is 0 Å². The van der Waals surface area contributed by atoms with Crippen LogP contribution in [0.3, 0.4) is 0 Å². The van der Waals surface area contributed by atoms with E-state index in [0.29, 0.717) is 22.0 Å².